The van der Waals surface area contributed by atoms with Crippen LogP contribution in [0.3, 0.4) is 0 Å². The topological polar surface area (TPSA) is 80.8 Å². The van der Waals surface area contributed by atoms with Crippen molar-refractivity contribution in [1.29, 1.82) is 0 Å². The summed E-state index contributed by atoms with van der Waals surface area (Å²) in [6, 6.07) is 19.4. The highest BCUT2D eigenvalue weighted by Crippen LogP contribution is 2.30. The van der Waals surface area contributed by atoms with E-state index < -0.39 is 23.9 Å². The summed E-state index contributed by atoms with van der Waals surface area (Å²) in [5, 5.41) is 0. The van der Waals surface area contributed by atoms with Crippen molar-refractivity contribution in [2.24, 2.45) is 0 Å². The Hall–Kier alpha value is -3.58. The third-order valence-corrected chi connectivity index (χ3v) is 5.41. The molecule has 0 saturated carbocycles. The number of hydrogen-bond donors (Lipinski definition) is 0. The summed E-state index contributed by atoms with van der Waals surface area (Å²) in [7, 11) is 0. The number of halogens is 1. The SMILES string of the molecule is C[C@@H](OC(=O)c1ccc(N2C(=O)c3ccc(Br)cc3C2=O)cc1)C(=O)c1ccccc1. The molecule has 0 N–H and O–H groups in total. The maximum absolute atomic E-state index is 12.7. The molecule has 1 atom stereocenters. The number of amides is 2. The van der Waals surface area contributed by atoms with Gasteiger partial charge in [0.15, 0.2) is 6.10 Å². The number of benzene rings is 3. The molecule has 3 aromatic carbocycles. The van der Waals surface area contributed by atoms with E-state index in [1.807, 2.05) is 0 Å². The predicted molar refractivity (Wildman–Crippen MR) is 117 cm³/mol. The minimum absolute atomic E-state index is 0.204. The molecule has 1 aliphatic heterocycles. The summed E-state index contributed by atoms with van der Waals surface area (Å²) in [5.41, 5.74) is 1.64. The fraction of sp³-hybridized carbons (Fsp3) is 0.0833. The van der Waals surface area contributed by atoms with E-state index in [4.69, 9.17) is 4.74 Å². The van der Waals surface area contributed by atoms with Gasteiger partial charge in [0.1, 0.15) is 0 Å². The smallest absolute Gasteiger partial charge is 0.338 e. The largest absolute Gasteiger partial charge is 0.451 e. The van der Waals surface area contributed by atoms with Gasteiger partial charge in [-0.15, -0.1) is 0 Å². The van der Waals surface area contributed by atoms with Crippen LogP contribution in [0.5, 0.6) is 0 Å². The lowest BCUT2D eigenvalue weighted by Gasteiger charge is -2.15. The number of hydrogen-bond acceptors (Lipinski definition) is 5. The van der Waals surface area contributed by atoms with E-state index >= 15 is 0 Å². The zero-order chi connectivity index (χ0) is 22.1. The molecule has 6 nitrogen and oxygen atoms in total. The van der Waals surface area contributed by atoms with Crippen molar-refractivity contribution in [3.8, 4) is 0 Å². The molecule has 154 valence electrons. The minimum Gasteiger partial charge on any atom is -0.451 e. The minimum atomic E-state index is -0.954. The van der Waals surface area contributed by atoms with Crippen LogP contribution in [0.2, 0.25) is 0 Å². The second-order valence-electron chi connectivity index (χ2n) is 6.96. The van der Waals surface area contributed by atoms with E-state index in [-0.39, 0.29) is 11.3 Å². The Morgan fingerprint density at radius 2 is 1.48 bits per heavy atom. The number of carbonyl (C=O) groups excluding carboxylic acids is 4. The second kappa shape index (κ2) is 8.28. The second-order valence-corrected chi connectivity index (χ2v) is 7.88. The van der Waals surface area contributed by atoms with Gasteiger partial charge in [-0.05, 0) is 49.4 Å². The first kappa shape index (κ1) is 20.7. The van der Waals surface area contributed by atoms with Crippen LogP contribution in [0, 0.1) is 0 Å². The Bertz CT molecular complexity index is 1200. The van der Waals surface area contributed by atoms with Gasteiger partial charge in [-0.2, -0.15) is 0 Å². The van der Waals surface area contributed by atoms with E-state index in [0.29, 0.717) is 26.9 Å². The molecular weight excluding hydrogens is 462 g/mol. The van der Waals surface area contributed by atoms with E-state index in [9.17, 15) is 19.2 Å². The van der Waals surface area contributed by atoms with Gasteiger partial charge in [0, 0.05) is 10.0 Å². The highest BCUT2D eigenvalue weighted by Gasteiger charge is 2.36. The number of anilines is 1. The highest BCUT2D eigenvalue weighted by molar-refractivity contribution is 9.10. The van der Waals surface area contributed by atoms with Crippen LogP contribution in [0.4, 0.5) is 5.69 Å². The van der Waals surface area contributed by atoms with E-state index in [0.717, 1.165) is 4.90 Å². The molecule has 0 spiro atoms. The molecular formula is C24H16BrNO5. The van der Waals surface area contributed by atoms with E-state index in [1.54, 1.807) is 48.5 Å². The molecule has 0 aliphatic carbocycles. The molecule has 1 heterocycles. The van der Waals surface area contributed by atoms with Crippen molar-refractivity contribution >= 4 is 45.2 Å². The number of esters is 1. The molecule has 3 aromatic rings. The predicted octanol–water partition coefficient (Wildman–Crippen LogP) is 4.68. The summed E-state index contributed by atoms with van der Waals surface area (Å²) < 4.78 is 5.98. The van der Waals surface area contributed by atoms with Crippen molar-refractivity contribution < 1.29 is 23.9 Å². The van der Waals surface area contributed by atoms with Gasteiger partial charge in [0.05, 0.1) is 22.4 Å². The van der Waals surface area contributed by atoms with Crippen molar-refractivity contribution in [2.75, 3.05) is 4.90 Å². The fourth-order valence-corrected chi connectivity index (χ4v) is 3.67. The number of nitrogens with zero attached hydrogens (tertiary/aromatic N) is 1. The number of ether oxygens (including phenoxy) is 1. The van der Waals surface area contributed by atoms with E-state index in [2.05, 4.69) is 15.9 Å². The van der Waals surface area contributed by atoms with Gasteiger partial charge in [-0.3, -0.25) is 14.4 Å². The normalized spacial score (nSPS) is 13.7. The van der Waals surface area contributed by atoms with Crippen molar-refractivity contribution in [3.63, 3.8) is 0 Å². The maximum atomic E-state index is 12.7. The number of fused-ring (bicyclic) bond motifs is 1. The first-order valence-corrected chi connectivity index (χ1v) is 10.2. The molecule has 7 heteroatoms. The lowest BCUT2D eigenvalue weighted by molar-refractivity contribution is 0.0319. The average molecular weight is 478 g/mol. The fourth-order valence-electron chi connectivity index (χ4n) is 3.31. The van der Waals surface area contributed by atoms with E-state index in [1.165, 1.54) is 31.2 Å². The van der Waals surface area contributed by atoms with Crippen LogP contribution in [0.15, 0.2) is 77.3 Å². The van der Waals surface area contributed by atoms with Crippen molar-refractivity contribution in [3.05, 3.63) is 99.5 Å². The van der Waals surface area contributed by atoms with Gasteiger partial charge >= 0.3 is 5.97 Å². The quantitative estimate of drug-likeness (QED) is 0.302. The van der Waals surface area contributed by atoms with Crippen LogP contribution in [-0.2, 0) is 4.74 Å². The summed E-state index contributed by atoms with van der Waals surface area (Å²) in [5.74, 6) is -1.83. The number of imide groups is 1. The van der Waals surface area contributed by atoms with Gasteiger partial charge in [0.2, 0.25) is 5.78 Å². The lowest BCUT2D eigenvalue weighted by atomic mass is 10.1. The van der Waals surface area contributed by atoms with Crippen molar-refractivity contribution in [2.45, 2.75) is 13.0 Å². The van der Waals surface area contributed by atoms with Crippen LogP contribution in [0.25, 0.3) is 0 Å². The molecule has 0 fully saturated rings. The summed E-state index contributed by atoms with van der Waals surface area (Å²) in [4.78, 5) is 51.2. The van der Waals surface area contributed by atoms with Gasteiger partial charge < -0.3 is 4.74 Å². The number of Topliss-reactive ketones (excluding diaryl/α,β-unsaturated/α-hetero) is 1. The van der Waals surface area contributed by atoms with Gasteiger partial charge in [-0.1, -0.05) is 46.3 Å². The Labute approximate surface area is 186 Å². The van der Waals surface area contributed by atoms with Crippen molar-refractivity contribution in [1.82, 2.24) is 0 Å². The van der Waals surface area contributed by atoms with Gasteiger partial charge in [-0.25, -0.2) is 9.69 Å². The Kier molecular flexibility index (Phi) is 5.52. The Balaban J connectivity index is 1.48. The summed E-state index contributed by atoms with van der Waals surface area (Å²) in [6.45, 7) is 1.51. The molecule has 2 amide bonds. The number of rotatable bonds is 5. The first-order valence-electron chi connectivity index (χ1n) is 9.45. The molecule has 0 aromatic heterocycles. The van der Waals surface area contributed by atoms with Crippen LogP contribution >= 0.6 is 15.9 Å². The zero-order valence-corrected chi connectivity index (χ0v) is 18.0. The third-order valence-electron chi connectivity index (χ3n) is 4.92. The standard InChI is InChI=1S/C24H16BrNO5/c1-14(21(27)15-5-3-2-4-6-15)31-24(30)16-7-10-18(11-8-16)26-22(28)19-12-9-17(25)13-20(19)23(26)29/h2-14H,1H3/t14-/m1/s1. The highest BCUT2D eigenvalue weighted by atomic mass is 79.9. The summed E-state index contributed by atoms with van der Waals surface area (Å²) in [6.07, 6.45) is -0.954. The number of carbonyl (C=O) groups is 4. The third kappa shape index (κ3) is 3.92. The Morgan fingerprint density at radius 3 is 2.16 bits per heavy atom. The molecule has 0 radical (unpaired) electrons. The van der Waals surface area contributed by atoms with Gasteiger partial charge in [0.25, 0.3) is 11.8 Å². The molecule has 1 aliphatic rings. The molecule has 0 unspecified atom stereocenters. The summed E-state index contributed by atoms with van der Waals surface area (Å²) >= 11 is 3.30. The Morgan fingerprint density at radius 1 is 0.839 bits per heavy atom. The first-order chi connectivity index (χ1) is 14.9. The molecule has 0 bridgehead atoms. The molecule has 31 heavy (non-hydrogen) atoms. The molecule has 4 rings (SSSR count). The zero-order valence-electron chi connectivity index (χ0n) is 16.4. The molecule has 0 saturated heterocycles. The van der Waals surface area contributed by atoms with Crippen LogP contribution in [-0.4, -0.2) is 29.7 Å². The van der Waals surface area contributed by atoms with Crippen LogP contribution < -0.4 is 4.90 Å². The maximum Gasteiger partial charge on any atom is 0.338 e. The van der Waals surface area contributed by atoms with Crippen LogP contribution in [0.1, 0.15) is 48.4 Å². The number of ketones is 1. The lowest BCUT2D eigenvalue weighted by Crippen LogP contribution is -2.29. The monoisotopic (exact) mass is 477 g/mol. The average Bonchev–Trinajstić information content (AvgIpc) is 3.03.